The number of hydrazine groups is 2. The Morgan fingerprint density at radius 3 is 1.83 bits per heavy atom. The van der Waals surface area contributed by atoms with Crippen LogP contribution in [0.3, 0.4) is 0 Å². The van der Waals surface area contributed by atoms with E-state index in [1.54, 1.807) is 0 Å². The minimum Gasteiger partial charge on any atom is -0.272 e. The van der Waals surface area contributed by atoms with Gasteiger partial charge in [0.1, 0.15) is 0 Å². The molecule has 1 aliphatic heterocycles. The molecule has 12 heteroatoms. The highest BCUT2D eigenvalue weighted by Gasteiger charge is 2.43. The summed E-state index contributed by atoms with van der Waals surface area (Å²) in [4.78, 5) is 0. The van der Waals surface area contributed by atoms with E-state index in [-0.39, 0.29) is 0 Å². The highest BCUT2D eigenvalue weighted by atomic mass is 31.3. The standard InChI is InChI=1S/C6H24N9P3/c1-7-14-16(9-3)13-18(11-5,12-6)15(8-2)17(14)10-4/h7-12H,1-6H3. The van der Waals surface area contributed by atoms with Crippen LogP contribution in [0.4, 0.5) is 0 Å². The molecule has 0 aromatic rings. The molecule has 0 bridgehead atoms. The maximum atomic E-state index is 4.92. The summed E-state index contributed by atoms with van der Waals surface area (Å²) in [5.41, 5.74) is 6.45. The van der Waals surface area contributed by atoms with E-state index in [0.29, 0.717) is 0 Å². The second kappa shape index (κ2) is 7.53. The van der Waals surface area contributed by atoms with Gasteiger partial charge in [-0.1, -0.05) is 0 Å². The van der Waals surface area contributed by atoms with E-state index in [1.165, 1.54) is 0 Å². The first-order valence-electron chi connectivity index (χ1n) is 5.54. The van der Waals surface area contributed by atoms with E-state index in [4.69, 9.17) is 4.52 Å². The lowest BCUT2D eigenvalue weighted by atomic mass is 11.5. The minimum absolute atomic E-state index is 0.750. The zero-order valence-electron chi connectivity index (χ0n) is 11.7. The van der Waals surface area contributed by atoms with Crippen LogP contribution in [0, 0.1) is 0 Å². The number of rotatable bonds is 6. The van der Waals surface area contributed by atoms with Crippen molar-refractivity contribution in [2.24, 2.45) is 4.52 Å². The van der Waals surface area contributed by atoms with Gasteiger partial charge in [-0.15, -0.1) is 9.10 Å². The van der Waals surface area contributed by atoms with E-state index in [1.807, 2.05) is 42.3 Å². The first-order valence-corrected chi connectivity index (χ1v) is 9.73. The van der Waals surface area contributed by atoms with Gasteiger partial charge in [-0.2, -0.15) is 0 Å². The quantitative estimate of drug-likeness (QED) is 0.386. The van der Waals surface area contributed by atoms with Crippen molar-refractivity contribution in [3.8, 4) is 0 Å². The molecule has 0 aromatic heterocycles. The average molecular weight is 315 g/mol. The fourth-order valence-corrected chi connectivity index (χ4v) is 10.8. The van der Waals surface area contributed by atoms with Gasteiger partial charge in [0, 0.05) is 0 Å². The van der Waals surface area contributed by atoms with Gasteiger partial charge in [0.15, 0.2) is 24.3 Å². The Kier molecular flexibility index (Phi) is 7.03. The average Bonchev–Trinajstić information content (AvgIpc) is 2.44. The number of nitrogens with zero attached hydrogens (tertiary/aromatic N) is 3. The molecule has 0 amide bonds. The molecule has 2 atom stereocenters. The smallest absolute Gasteiger partial charge is 0.189 e. The Morgan fingerprint density at radius 2 is 1.50 bits per heavy atom. The Labute approximate surface area is 112 Å². The van der Waals surface area contributed by atoms with Gasteiger partial charge >= 0.3 is 0 Å². The summed E-state index contributed by atoms with van der Waals surface area (Å²) in [6.07, 6.45) is 0. The molecule has 0 spiro atoms. The van der Waals surface area contributed by atoms with Crippen molar-refractivity contribution < 1.29 is 0 Å². The van der Waals surface area contributed by atoms with Gasteiger partial charge in [0.25, 0.3) is 0 Å². The van der Waals surface area contributed by atoms with Gasteiger partial charge in [-0.25, -0.2) is 15.4 Å². The van der Waals surface area contributed by atoms with E-state index in [0.717, 1.165) is 0 Å². The van der Waals surface area contributed by atoms with Crippen LogP contribution in [-0.4, -0.2) is 51.4 Å². The normalized spacial score (nSPS) is 29.2. The zero-order chi connectivity index (χ0) is 13.8. The molecule has 1 rings (SSSR count). The van der Waals surface area contributed by atoms with E-state index in [9.17, 15) is 0 Å². The third-order valence-electron chi connectivity index (χ3n) is 2.45. The summed E-state index contributed by atoms with van der Waals surface area (Å²) in [5, 5.41) is 13.3. The summed E-state index contributed by atoms with van der Waals surface area (Å²) >= 11 is 0. The molecule has 0 saturated carbocycles. The van der Waals surface area contributed by atoms with Crippen LogP contribution in [0.5, 0.6) is 0 Å². The Balaban J connectivity index is 3.27. The topological polar surface area (TPSA) is 91.0 Å². The Bertz CT molecular complexity index is 305. The summed E-state index contributed by atoms with van der Waals surface area (Å²) in [5.74, 6) is 0. The fourth-order valence-electron chi connectivity index (χ4n) is 1.63. The lowest BCUT2D eigenvalue weighted by molar-refractivity contribution is 0.473. The van der Waals surface area contributed by atoms with Crippen LogP contribution in [-0.2, 0) is 0 Å². The largest absolute Gasteiger partial charge is 0.272 e. The molecule has 0 fully saturated rings. The zero-order valence-corrected chi connectivity index (χ0v) is 14.4. The summed E-state index contributed by atoms with van der Waals surface area (Å²) in [7, 11) is 8.05. The molecule has 9 nitrogen and oxygen atoms in total. The molecule has 6 N–H and O–H groups in total. The van der Waals surface area contributed by atoms with Crippen molar-refractivity contribution in [1.29, 1.82) is 0 Å². The van der Waals surface area contributed by atoms with Gasteiger partial charge in [0.2, 0.25) is 0 Å². The van der Waals surface area contributed by atoms with E-state index in [2.05, 4.69) is 40.3 Å². The van der Waals surface area contributed by atoms with Crippen molar-refractivity contribution in [2.75, 3.05) is 42.3 Å². The van der Waals surface area contributed by atoms with Crippen LogP contribution in [0.2, 0.25) is 0 Å². The van der Waals surface area contributed by atoms with Crippen molar-refractivity contribution in [3.05, 3.63) is 0 Å². The predicted molar refractivity (Wildman–Crippen MR) is 81.2 cm³/mol. The molecule has 108 valence electrons. The number of hydrogen-bond donors (Lipinski definition) is 6. The van der Waals surface area contributed by atoms with Gasteiger partial charge in [-0.05, 0) is 42.3 Å². The monoisotopic (exact) mass is 315 g/mol. The molecule has 2 unspecified atom stereocenters. The predicted octanol–water partition coefficient (Wildman–Crippen LogP) is 0.150. The molecule has 18 heavy (non-hydrogen) atoms. The molecule has 0 aliphatic carbocycles. The maximum absolute atomic E-state index is 4.92. The summed E-state index contributed by atoms with van der Waals surface area (Å²) < 4.78 is 9.17. The van der Waals surface area contributed by atoms with Crippen LogP contribution < -0.4 is 31.2 Å². The highest BCUT2D eigenvalue weighted by molar-refractivity contribution is 7.81. The second-order valence-corrected chi connectivity index (χ2v) is 10.3. The highest BCUT2D eigenvalue weighted by Crippen LogP contribution is 2.69. The molecule has 0 saturated heterocycles. The fraction of sp³-hybridized carbons (Fsp3) is 1.00. The van der Waals surface area contributed by atoms with E-state index < -0.39 is 24.3 Å². The van der Waals surface area contributed by atoms with Crippen LogP contribution in [0.1, 0.15) is 0 Å². The summed E-state index contributed by atoms with van der Waals surface area (Å²) in [6.45, 7) is 0. The van der Waals surface area contributed by atoms with Crippen LogP contribution in [0.15, 0.2) is 4.52 Å². The van der Waals surface area contributed by atoms with Crippen molar-refractivity contribution in [1.82, 2.24) is 40.3 Å². The number of nitrogens with one attached hydrogen (secondary N) is 6. The van der Waals surface area contributed by atoms with Crippen molar-refractivity contribution in [2.45, 2.75) is 0 Å². The molecule has 0 radical (unpaired) electrons. The molecule has 1 aliphatic rings. The molecular weight excluding hydrogens is 291 g/mol. The Morgan fingerprint density at radius 1 is 0.889 bits per heavy atom. The van der Waals surface area contributed by atoms with Gasteiger partial charge < -0.3 is 0 Å². The van der Waals surface area contributed by atoms with E-state index >= 15 is 0 Å². The van der Waals surface area contributed by atoms with Gasteiger partial charge in [0.05, 0.1) is 0 Å². The van der Waals surface area contributed by atoms with Crippen molar-refractivity contribution >= 4 is 24.3 Å². The molecule has 0 aromatic carbocycles. The third kappa shape index (κ3) is 2.92. The molecular formula is C6H24N9P3. The third-order valence-corrected chi connectivity index (χ3v) is 10.9. The lowest BCUT2D eigenvalue weighted by Gasteiger charge is -2.48. The summed E-state index contributed by atoms with van der Waals surface area (Å²) in [6, 6.07) is 0. The first kappa shape index (κ1) is 16.8. The molecule has 1 heterocycles. The van der Waals surface area contributed by atoms with Crippen LogP contribution >= 0.6 is 24.3 Å². The van der Waals surface area contributed by atoms with Crippen LogP contribution in [0.25, 0.3) is 0 Å². The SMILES string of the molecule is CNN1P(NC)N=P(NC)(NC)N(NC)P1NC. The van der Waals surface area contributed by atoms with Crippen molar-refractivity contribution in [3.63, 3.8) is 0 Å². The second-order valence-electron chi connectivity index (χ2n) is 3.19. The number of hydrogen-bond acceptors (Lipinski definition) is 9. The lowest BCUT2D eigenvalue weighted by Crippen LogP contribution is -2.47. The first-order chi connectivity index (χ1) is 8.63. The Hall–Kier alpha value is 0.770. The van der Waals surface area contributed by atoms with Gasteiger partial charge in [-0.3, -0.25) is 20.3 Å². The maximum Gasteiger partial charge on any atom is 0.189 e. The minimum atomic E-state index is -1.96.